The number of hydrogen-bond acceptors (Lipinski definition) is 5. The van der Waals surface area contributed by atoms with Gasteiger partial charge in [-0.1, -0.05) is 12.1 Å². The third-order valence-corrected chi connectivity index (χ3v) is 4.98. The van der Waals surface area contributed by atoms with Gasteiger partial charge in [0.1, 0.15) is 5.75 Å². The van der Waals surface area contributed by atoms with E-state index in [9.17, 15) is 13.2 Å². The lowest BCUT2D eigenvalue weighted by Crippen LogP contribution is -2.16. The molecule has 0 aliphatic heterocycles. The van der Waals surface area contributed by atoms with Crippen LogP contribution in [0.1, 0.15) is 27.0 Å². The monoisotopic (exact) mass is 363 g/mol. The average molecular weight is 363 g/mol. The number of sulfonamides is 1. The Hall–Kier alpha value is -2.38. The fourth-order valence-electron chi connectivity index (χ4n) is 2.38. The van der Waals surface area contributed by atoms with Gasteiger partial charge < -0.3 is 9.47 Å². The van der Waals surface area contributed by atoms with Gasteiger partial charge in [0.2, 0.25) is 10.0 Å². The lowest BCUT2D eigenvalue weighted by Gasteiger charge is -2.11. The quantitative estimate of drug-likeness (QED) is 0.795. The van der Waals surface area contributed by atoms with Crippen LogP contribution in [0.3, 0.4) is 0 Å². The molecule has 2 aromatic rings. The highest BCUT2D eigenvalue weighted by Gasteiger charge is 2.18. The summed E-state index contributed by atoms with van der Waals surface area (Å²) < 4.78 is 33.6. The summed E-state index contributed by atoms with van der Waals surface area (Å²) in [5.74, 6) is 0.174. The summed E-state index contributed by atoms with van der Waals surface area (Å²) in [7, 11) is -2.31. The Morgan fingerprint density at radius 2 is 1.76 bits per heavy atom. The van der Waals surface area contributed by atoms with Crippen LogP contribution in [-0.2, 0) is 21.2 Å². The lowest BCUT2D eigenvalue weighted by atomic mass is 10.1. The van der Waals surface area contributed by atoms with E-state index in [1.54, 1.807) is 27.0 Å². The molecule has 0 spiro atoms. The molecule has 0 atom stereocenters. The molecular weight excluding hydrogens is 342 g/mol. The average Bonchev–Trinajstić information content (AvgIpc) is 2.56. The van der Waals surface area contributed by atoms with Crippen molar-refractivity contribution in [3.8, 4) is 5.75 Å². The van der Waals surface area contributed by atoms with Crippen molar-refractivity contribution in [3.63, 3.8) is 0 Å². The molecular formula is C18H21NO5S. The summed E-state index contributed by atoms with van der Waals surface area (Å²) in [4.78, 5) is 12.1. The van der Waals surface area contributed by atoms with Crippen LogP contribution in [0.5, 0.6) is 5.75 Å². The molecule has 0 radical (unpaired) electrons. The third-order valence-electron chi connectivity index (χ3n) is 3.94. The number of carbonyl (C=O) groups excluding carboxylic acids is 1. The molecule has 7 heteroatoms. The highest BCUT2D eigenvalue weighted by atomic mass is 32.2. The molecule has 0 fully saturated rings. The van der Waals surface area contributed by atoms with E-state index in [4.69, 9.17) is 14.6 Å². The molecule has 0 aromatic heterocycles. The van der Waals surface area contributed by atoms with E-state index in [2.05, 4.69) is 0 Å². The highest BCUT2D eigenvalue weighted by molar-refractivity contribution is 7.89. The van der Waals surface area contributed by atoms with Gasteiger partial charge in [0.05, 0.1) is 24.2 Å². The van der Waals surface area contributed by atoms with Gasteiger partial charge >= 0.3 is 5.97 Å². The van der Waals surface area contributed by atoms with Crippen molar-refractivity contribution in [1.82, 2.24) is 0 Å². The number of esters is 1. The molecule has 0 bridgehead atoms. The number of methoxy groups -OCH3 is 1. The number of aryl methyl sites for hydroxylation is 1. The fourth-order valence-corrected chi connectivity index (χ4v) is 3.26. The van der Waals surface area contributed by atoms with Crippen LogP contribution in [0.25, 0.3) is 0 Å². The van der Waals surface area contributed by atoms with Crippen LogP contribution in [0.4, 0.5) is 0 Å². The molecule has 2 aromatic carbocycles. The molecule has 0 unspecified atom stereocenters. The van der Waals surface area contributed by atoms with Crippen LogP contribution < -0.4 is 9.88 Å². The smallest absolute Gasteiger partial charge is 0.338 e. The van der Waals surface area contributed by atoms with Gasteiger partial charge in [0.25, 0.3) is 0 Å². The minimum Gasteiger partial charge on any atom is -0.497 e. The summed E-state index contributed by atoms with van der Waals surface area (Å²) in [5, 5.41) is 5.21. The molecule has 0 amide bonds. The largest absolute Gasteiger partial charge is 0.497 e. The number of hydrogen-bond donors (Lipinski definition) is 1. The van der Waals surface area contributed by atoms with Crippen LogP contribution in [0.2, 0.25) is 0 Å². The maximum atomic E-state index is 12.2. The SMILES string of the molecule is COc1ccc(CCOC(=O)c2cc(C)c(C)c(S(N)(=O)=O)c2)cc1. The maximum absolute atomic E-state index is 12.2. The summed E-state index contributed by atoms with van der Waals surface area (Å²) in [6.07, 6.45) is 0.544. The van der Waals surface area contributed by atoms with Crippen molar-refractivity contribution in [2.45, 2.75) is 25.2 Å². The Balaban J connectivity index is 2.06. The van der Waals surface area contributed by atoms with Crippen LogP contribution in [-0.4, -0.2) is 28.1 Å². The van der Waals surface area contributed by atoms with Crippen LogP contribution in [0.15, 0.2) is 41.3 Å². The van der Waals surface area contributed by atoms with Crippen molar-refractivity contribution in [2.75, 3.05) is 13.7 Å². The predicted molar refractivity (Wildman–Crippen MR) is 94.3 cm³/mol. The molecule has 134 valence electrons. The third kappa shape index (κ3) is 4.80. The van der Waals surface area contributed by atoms with Crippen molar-refractivity contribution in [1.29, 1.82) is 0 Å². The molecule has 0 aliphatic rings. The van der Waals surface area contributed by atoms with Crippen molar-refractivity contribution in [3.05, 3.63) is 58.7 Å². The second kappa shape index (κ2) is 7.67. The van der Waals surface area contributed by atoms with Crippen molar-refractivity contribution in [2.24, 2.45) is 5.14 Å². The van der Waals surface area contributed by atoms with Gasteiger partial charge in [-0.3, -0.25) is 0 Å². The number of carbonyl (C=O) groups is 1. The normalized spacial score (nSPS) is 11.2. The first-order valence-electron chi connectivity index (χ1n) is 7.66. The topological polar surface area (TPSA) is 95.7 Å². The van der Waals surface area contributed by atoms with Crippen LogP contribution >= 0.6 is 0 Å². The summed E-state index contributed by atoms with van der Waals surface area (Å²) in [5.41, 5.74) is 2.35. The Labute approximate surface area is 147 Å². The number of primary sulfonamides is 1. The first kappa shape index (κ1) is 19.0. The van der Waals surface area contributed by atoms with E-state index in [1.807, 2.05) is 24.3 Å². The van der Waals surface area contributed by atoms with E-state index >= 15 is 0 Å². The molecule has 2 N–H and O–H groups in total. The standard InChI is InChI=1S/C18H21NO5S/c1-12-10-15(11-17(13(12)2)25(19,21)22)18(20)24-9-8-14-4-6-16(23-3)7-5-14/h4-7,10-11H,8-9H2,1-3H3,(H2,19,21,22). The minimum atomic E-state index is -3.90. The van der Waals surface area contributed by atoms with E-state index in [0.717, 1.165) is 11.3 Å². The Bertz CT molecular complexity index is 873. The van der Waals surface area contributed by atoms with Crippen molar-refractivity contribution >= 4 is 16.0 Å². The Kier molecular flexibility index (Phi) is 5.81. The van der Waals surface area contributed by atoms with Crippen LogP contribution in [0, 0.1) is 13.8 Å². The maximum Gasteiger partial charge on any atom is 0.338 e. The minimum absolute atomic E-state index is 0.0606. The summed E-state index contributed by atoms with van der Waals surface area (Å²) in [6.45, 7) is 3.55. The molecule has 0 aliphatic carbocycles. The van der Waals surface area contributed by atoms with E-state index in [-0.39, 0.29) is 17.1 Å². The Morgan fingerprint density at radius 1 is 1.12 bits per heavy atom. The molecule has 2 rings (SSSR count). The zero-order valence-electron chi connectivity index (χ0n) is 14.4. The van der Waals surface area contributed by atoms with Gasteiger partial charge in [-0.25, -0.2) is 18.4 Å². The number of rotatable bonds is 6. The molecule has 0 saturated carbocycles. The van der Waals surface area contributed by atoms with E-state index < -0.39 is 16.0 Å². The second-order valence-electron chi connectivity index (χ2n) is 5.70. The van der Waals surface area contributed by atoms with Gasteiger partial charge in [-0.15, -0.1) is 0 Å². The molecule has 25 heavy (non-hydrogen) atoms. The van der Waals surface area contributed by atoms with Gasteiger partial charge in [-0.05, 0) is 54.8 Å². The van der Waals surface area contributed by atoms with Gasteiger partial charge in [-0.2, -0.15) is 0 Å². The molecule has 0 saturated heterocycles. The predicted octanol–water partition coefficient (Wildman–Crippen LogP) is 2.36. The van der Waals surface area contributed by atoms with Crippen molar-refractivity contribution < 1.29 is 22.7 Å². The second-order valence-corrected chi connectivity index (χ2v) is 7.23. The van der Waals surface area contributed by atoms with Gasteiger partial charge in [0.15, 0.2) is 0 Å². The van der Waals surface area contributed by atoms with E-state index in [0.29, 0.717) is 17.5 Å². The summed E-state index contributed by atoms with van der Waals surface area (Å²) >= 11 is 0. The Morgan fingerprint density at radius 3 is 2.32 bits per heavy atom. The molecule has 0 heterocycles. The first-order valence-corrected chi connectivity index (χ1v) is 9.21. The van der Waals surface area contributed by atoms with Gasteiger partial charge in [0, 0.05) is 6.42 Å². The fraction of sp³-hybridized carbons (Fsp3) is 0.278. The number of nitrogens with two attached hydrogens (primary N) is 1. The lowest BCUT2D eigenvalue weighted by molar-refractivity contribution is 0.0509. The molecule has 6 nitrogen and oxygen atoms in total. The first-order chi connectivity index (χ1) is 11.7. The van der Waals surface area contributed by atoms with E-state index in [1.165, 1.54) is 6.07 Å². The zero-order valence-corrected chi connectivity index (χ0v) is 15.2. The zero-order chi connectivity index (χ0) is 18.6. The highest BCUT2D eigenvalue weighted by Crippen LogP contribution is 2.20. The summed E-state index contributed by atoms with van der Waals surface area (Å²) in [6, 6.07) is 10.3. The number of benzene rings is 2. The number of ether oxygens (including phenoxy) is 2.